The molecule has 0 amide bonds. The summed E-state index contributed by atoms with van der Waals surface area (Å²) in [6.45, 7) is 3.83. The van der Waals surface area contributed by atoms with E-state index in [2.05, 4.69) is 0 Å². The molecular weight excluding hydrogens is 236 g/mol. The number of aliphatic carboxylic acids is 2. The van der Waals surface area contributed by atoms with Gasteiger partial charge < -0.3 is 19.8 Å². The van der Waals surface area contributed by atoms with Crippen molar-refractivity contribution in [1.82, 2.24) is 0 Å². The SMILES string of the molecule is CC(C)C1CCCC(C(=O)[O-])C1C(=O)[O-].[Ca+2]. The summed E-state index contributed by atoms with van der Waals surface area (Å²) in [7, 11) is 0. The number of carbonyl (C=O) groups excluding carboxylic acids is 2. The zero-order chi connectivity index (χ0) is 11.6. The number of carboxylic acids is 2. The molecule has 3 unspecified atom stereocenters. The molecule has 0 N–H and O–H groups in total. The van der Waals surface area contributed by atoms with E-state index in [1.807, 2.05) is 13.8 Å². The molecule has 0 aliphatic heterocycles. The number of rotatable bonds is 3. The van der Waals surface area contributed by atoms with Crippen LogP contribution in [-0.2, 0) is 9.59 Å². The average molecular weight is 252 g/mol. The Balaban J connectivity index is 0.00000225. The van der Waals surface area contributed by atoms with Gasteiger partial charge in [0.15, 0.2) is 0 Å². The van der Waals surface area contributed by atoms with Gasteiger partial charge >= 0.3 is 37.7 Å². The van der Waals surface area contributed by atoms with Gasteiger partial charge in [-0.3, -0.25) is 0 Å². The summed E-state index contributed by atoms with van der Waals surface area (Å²) in [5, 5.41) is 21.8. The van der Waals surface area contributed by atoms with Crippen molar-refractivity contribution in [1.29, 1.82) is 0 Å². The van der Waals surface area contributed by atoms with Crippen molar-refractivity contribution in [3.63, 3.8) is 0 Å². The second-order valence-corrected chi connectivity index (χ2v) is 4.61. The van der Waals surface area contributed by atoms with Crippen LogP contribution in [0.4, 0.5) is 0 Å². The fourth-order valence-corrected chi connectivity index (χ4v) is 2.58. The molecule has 1 saturated carbocycles. The Morgan fingerprint density at radius 3 is 2.06 bits per heavy atom. The van der Waals surface area contributed by atoms with Gasteiger partial charge in [0.2, 0.25) is 0 Å². The van der Waals surface area contributed by atoms with Crippen LogP contribution in [0.2, 0.25) is 0 Å². The van der Waals surface area contributed by atoms with Gasteiger partial charge in [-0.2, -0.15) is 0 Å². The van der Waals surface area contributed by atoms with Gasteiger partial charge in [-0.05, 0) is 24.7 Å². The Hall–Kier alpha value is 0.200. The van der Waals surface area contributed by atoms with Crippen LogP contribution in [0, 0.1) is 23.7 Å². The maximum Gasteiger partial charge on any atom is 2.00 e. The molecule has 1 aliphatic carbocycles. The summed E-state index contributed by atoms with van der Waals surface area (Å²) in [4.78, 5) is 21.8. The van der Waals surface area contributed by atoms with Crippen LogP contribution >= 0.6 is 0 Å². The van der Waals surface area contributed by atoms with Crippen molar-refractivity contribution >= 4 is 49.7 Å². The molecule has 0 saturated heterocycles. The zero-order valence-corrected chi connectivity index (χ0v) is 12.0. The van der Waals surface area contributed by atoms with E-state index in [9.17, 15) is 19.8 Å². The molecule has 3 atom stereocenters. The van der Waals surface area contributed by atoms with Crippen LogP contribution < -0.4 is 10.2 Å². The second kappa shape index (κ2) is 6.82. The second-order valence-electron chi connectivity index (χ2n) is 4.61. The third-order valence-corrected chi connectivity index (χ3v) is 3.38. The van der Waals surface area contributed by atoms with Gasteiger partial charge in [0.25, 0.3) is 0 Å². The Labute approximate surface area is 125 Å². The standard InChI is InChI=1S/C11H18O4.Ca/c1-6(2)7-4-3-5-8(10(12)13)9(7)11(14)15;/h6-9H,3-5H2,1-2H3,(H,12,13)(H,14,15);/q;+2/p-2. The minimum absolute atomic E-state index is 0. The van der Waals surface area contributed by atoms with Crippen molar-refractivity contribution in [3.8, 4) is 0 Å². The molecule has 0 spiro atoms. The van der Waals surface area contributed by atoms with E-state index >= 15 is 0 Å². The topological polar surface area (TPSA) is 80.3 Å². The van der Waals surface area contributed by atoms with Gasteiger partial charge in [0, 0.05) is 23.8 Å². The molecule has 0 heterocycles. The third-order valence-electron chi connectivity index (χ3n) is 3.38. The molecule has 0 aromatic carbocycles. The predicted molar refractivity (Wildman–Crippen MR) is 54.9 cm³/mol. The predicted octanol–water partition coefficient (Wildman–Crippen LogP) is -1.21. The van der Waals surface area contributed by atoms with Crippen LogP contribution in [0.1, 0.15) is 33.1 Å². The van der Waals surface area contributed by atoms with E-state index in [1.165, 1.54) is 0 Å². The number of hydrogen-bond donors (Lipinski definition) is 0. The largest absolute Gasteiger partial charge is 2.00 e. The maximum atomic E-state index is 11.0. The summed E-state index contributed by atoms with van der Waals surface area (Å²) in [5.41, 5.74) is 0. The Kier molecular flexibility index (Phi) is 6.90. The monoisotopic (exact) mass is 252 g/mol. The van der Waals surface area contributed by atoms with Gasteiger partial charge in [0.1, 0.15) is 0 Å². The van der Waals surface area contributed by atoms with E-state index in [0.29, 0.717) is 6.42 Å². The van der Waals surface area contributed by atoms with Crippen molar-refractivity contribution in [2.45, 2.75) is 33.1 Å². The van der Waals surface area contributed by atoms with Crippen molar-refractivity contribution in [2.75, 3.05) is 0 Å². The molecule has 0 radical (unpaired) electrons. The first-order valence-electron chi connectivity index (χ1n) is 5.37. The first-order chi connectivity index (χ1) is 6.95. The Morgan fingerprint density at radius 2 is 1.69 bits per heavy atom. The molecule has 1 aliphatic rings. The van der Waals surface area contributed by atoms with E-state index in [4.69, 9.17) is 0 Å². The molecule has 1 fully saturated rings. The van der Waals surface area contributed by atoms with Crippen LogP contribution in [0.15, 0.2) is 0 Å². The van der Waals surface area contributed by atoms with Gasteiger partial charge in [-0.25, -0.2) is 0 Å². The molecule has 0 aromatic heterocycles. The van der Waals surface area contributed by atoms with E-state index < -0.39 is 23.8 Å². The fourth-order valence-electron chi connectivity index (χ4n) is 2.58. The molecule has 1 rings (SSSR count). The summed E-state index contributed by atoms with van der Waals surface area (Å²) in [6, 6.07) is 0. The Bertz CT molecular complexity index is 265. The van der Waals surface area contributed by atoms with Gasteiger partial charge in [-0.1, -0.05) is 20.3 Å². The normalized spacial score (nSPS) is 29.6. The maximum absolute atomic E-state index is 11.0. The first-order valence-corrected chi connectivity index (χ1v) is 5.37. The van der Waals surface area contributed by atoms with Gasteiger partial charge in [0.05, 0.1) is 0 Å². The summed E-state index contributed by atoms with van der Waals surface area (Å²) in [6.07, 6.45) is 1.91. The van der Waals surface area contributed by atoms with Crippen LogP contribution in [0.3, 0.4) is 0 Å². The minimum Gasteiger partial charge on any atom is -0.550 e. The van der Waals surface area contributed by atoms with Crippen molar-refractivity contribution in [2.24, 2.45) is 23.7 Å². The smallest absolute Gasteiger partial charge is 0.550 e. The number of carbonyl (C=O) groups is 2. The molecule has 16 heavy (non-hydrogen) atoms. The Morgan fingerprint density at radius 1 is 1.12 bits per heavy atom. The molecule has 4 nitrogen and oxygen atoms in total. The summed E-state index contributed by atoms with van der Waals surface area (Å²) in [5.74, 6) is -4.21. The van der Waals surface area contributed by atoms with Crippen LogP contribution in [0.5, 0.6) is 0 Å². The van der Waals surface area contributed by atoms with E-state index in [0.717, 1.165) is 12.8 Å². The molecule has 0 bridgehead atoms. The average Bonchev–Trinajstić information content (AvgIpc) is 2.16. The van der Waals surface area contributed by atoms with Crippen LogP contribution in [-0.4, -0.2) is 49.7 Å². The van der Waals surface area contributed by atoms with E-state index in [-0.39, 0.29) is 49.6 Å². The van der Waals surface area contributed by atoms with E-state index in [1.54, 1.807) is 0 Å². The molecule has 0 aromatic rings. The van der Waals surface area contributed by atoms with Crippen molar-refractivity contribution < 1.29 is 19.8 Å². The van der Waals surface area contributed by atoms with Crippen LogP contribution in [0.25, 0.3) is 0 Å². The molecule has 5 heteroatoms. The fraction of sp³-hybridized carbons (Fsp3) is 0.818. The first kappa shape index (κ1) is 16.2. The summed E-state index contributed by atoms with van der Waals surface area (Å²) >= 11 is 0. The quantitative estimate of drug-likeness (QED) is 0.591. The number of hydrogen-bond acceptors (Lipinski definition) is 4. The molecular formula is C11H16CaO4. The third kappa shape index (κ3) is 3.60. The minimum atomic E-state index is -1.26. The van der Waals surface area contributed by atoms with Gasteiger partial charge in [-0.15, -0.1) is 0 Å². The van der Waals surface area contributed by atoms with Crippen molar-refractivity contribution in [3.05, 3.63) is 0 Å². The molecule has 86 valence electrons. The summed E-state index contributed by atoms with van der Waals surface area (Å²) < 4.78 is 0. The zero-order valence-electron chi connectivity index (χ0n) is 9.77. The number of carboxylic acid groups (broad SMARTS) is 2.